The zero-order valence-electron chi connectivity index (χ0n) is 10.1. The minimum atomic E-state index is -0.778. The van der Waals surface area contributed by atoms with Gasteiger partial charge in [-0.3, -0.25) is 14.5 Å². The molecule has 6 nitrogen and oxygen atoms in total. The molecule has 1 aromatic heterocycles. The molecule has 2 heterocycles. The fraction of sp³-hybridized carbons (Fsp3) is 0.500. The zero-order chi connectivity index (χ0) is 13.0. The third-order valence-electron chi connectivity index (χ3n) is 3.13. The van der Waals surface area contributed by atoms with Gasteiger partial charge in [0.05, 0.1) is 6.42 Å². The molecule has 6 heteroatoms. The first-order valence-corrected chi connectivity index (χ1v) is 6.03. The molecule has 0 aromatic carbocycles. The molecular formula is C12H17N3O3. The molecule has 18 heavy (non-hydrogen) atoms. The maximum atomic E-state index is 12.0. The van der Waals surface area contributed by atoms with Crippen LogP contribution < -0.4 is 0 Å². The first-order valence-electron chi connectivity index (χ1n) is 6.03. The van der Waals surface area contributed by atoms with Crippen molar-refractivity contribution in [3.05, 3.63) is 24.0 Å². The number of aromatic nitrogens is 1. The summed E-state index contributed by atoms with van der Waals surface area (Å²) in [7, 11) is 0. The fourth-order valence-electron chi connectivity index (χ4n) is 2.06. The number of nitrogens with zero attached hydrogens (tertiary/aromatic N) is 2. The maximum absolute atomic E-state index is 12.0. The Kier molecular flexibility index (Phi) is 3.99. The molecule has 1 saturated heterocycles. The molecule has 1 amide bonds. The van der Waals surface area contributed by atoms with Gasteiger partial charge in [0.2, 0.25) is 0 Å². The number of carbonyl (C=O) groups is 2. The van der Waals surface area contributed by atoms with Crippen LogP contribution in [0.1, 0.15) is 16.9 Å². The van der Waals surface area contributed by atoms with E-state index in [1.54, 1.807) is 23.2 Å². The molecule has 1 fully saturated rings. The van der Waals surface area contributed by atoms with Crippen molar-refractivity contribution in [3.8, 4) is 0 Å². The van der Waals surface area contributed by atoms with Gasteiger partial charge in [0.15, 0.2) is 0 Å². The number of hydrogen-bond acceptors (Lipinski definition) is 3. The largest absolute Gasteiger partial charge is 0.481 e. The van der Waals surface area contributed by atoms with Crippen LogP contribution in [-0.2, 0) is 4.79 Å². The SMILES string of the molecule is O=C(O)CCN1CCN(C(=O)c2ccc[nH]2)CC1. The summed E-state index contributed by atoms with van der Waals surface area (Å²) in [6.45, 7) is 3.33. The Morgan fingerprint density at radius 1 is 1.28 bits per heavy atom. The second kappa shape index (κ2) is 5.68. The van der Waals surface area contributed by atoms with Crippen molar-refractivity contribution < 1.29 is 14.7 Å². The molecule has 1 aliphatic heterocycles. The fourth-order valence-corrected chi connectivity index (χ4v) is 2.06. The lowest BCUT2D eigenvalue weighted by Crippen LogP contribution is -2.49. The second-order valence-electron chi connectivity index (χ2n) is 4.36. The molecule has 0 radical (unpaired) electrons. The molecule has 98 valence electrons. The monoisotopic (exact) mass is 251 g/mol. The lowest BCUT2D eigenvalue weighted by molar-refractivity contribution is -0.137. The topological polar surface area (TPSA) is 76.6 Å². The summed E-state index contributed by atoms with van der Waals surface area (Å²) in [4.78, 5) is 29.3. The predicted octanol–water partition coefficient (Wildman–Crippen LogP) is 0.247. The van der Waals surface area contributed by atoms with Crippen LogP contribution in [0.2, 0.25) is 0 Å². The highest BCUT2D eigenvalue weighted by Gasteiger charge is 2.22. The number of carbonyl (C=O) groups excluding carboxylic acids is 1. The standard InChI is InChI=1S/C12H17N3O3/c16-11(17)3-5-14-6-8-15(9-7-14)12(18)10-2-1-4-13-10/h1-2,4,13H,3,5-9H2,(H,16,17). The number of piperazine rings is 1. The molecule has 1 aliphatic rings. The third-order valence-corrected chi connectivity index (χ3v) is 3.13. The van der Waals surface area contributed by atoms with Gasteiger partial charge in [0.25, 0.3) is 5.91 Å². The van der Waals surface area contributed by atoms with Gasteiger partial charge in [-0.2, -0.15) is 0 Å². The van der Waals surface area contributed by atoms with Gasteiger partial charge < -0.3 is 15.0 Å². The molecule has 0 bridgehead atoms. The van der Waals surface area contributed by atoms with Crippen molar-refractivity contribution in [2.75, 3.05) is 32.7 Å². The Morgan fingerprint density at radius 2 is 2.00 bits per heavy atom. The van der Waals surface area contributed by atoms with Crippen LogP contribution in [0.4, 0.5) is 0 Å². The van der Waals surface area contributed by atoms with E-state index in [0.717, 1.165) is 13.1 Å². The summed E-state index contributed by atoms with van der Waals surface area (Å²) in [5.41, 5.74) is 0.606. The van der Waals surface area contributed by atoms with Gasteiger partial charge in [-0.25, -0.2) is 0 Å². The van der Waals surface area contributed by atoms with E-state index in [9.17, 15) is 9.59 Å². The lowest BCUT2D eigenvalue weighted by atomic mass is 10.2. The van der Waals surface area contributed by atoms with Crippen molar-refractivity contribution in [2.45, 2.75) is 6.42 Å². The van der Waals surface area contributed by atoms with Crippen molar-refractivity contribution in [1.29, 1.82) is 0 Å². The minimum absolute atomic E-state index is 0.0119. The van der Waals surface area contributed by atoms with Crippen LogP contribution in [-0.4, -0.2) is 64.5 Å². The minimum Gasteiger partial charge on any atom is -0.481 e. The predicted molar refractivity (Wildman–Crippen MR) is 65.4 cm³/mol. The van der Waals surface area contributed by atoms with Crippen LogP contribution in [0.25, 0.3) is 0 Å². The van der Waals surface area contributed by atoms with E-state index < -0.39 is 5.97 Å². The molecule has 1 aromatic rings. The van der Waals surface area contributed by atoms with Crippen LogP contribution in [0.3, 0.4) is 0 Å². The first kappa shape index (κ1) is 12.6. The average molecular weight is 251 g/mol. The third kappa shape index (κ3) is 3.10. The number of aromatic amines is 1. The molecule has 0 saturated carbocycles. The van der Waals surface area contributed by atoms with Crippen molar-refractivity contribution in [2.24, 2.45) is 0 Å². The normalized spacial score (nSPS) is 16.8. The highest BCUT2D eigenvalue weighted by molar-refractivity contribution is 5.92. The van der Waals surface area contributed by atoms with E-state index in [-0.39, 0.29) is 12.3 Å². The lowest BCUT2D eigenvalue weighted by Gasteiger charge is -2.34. The number of carboxylic acids is 1. The number of aliphatic carboxylic acids is 1. The van der Waals surface area contributed by atoms with Gasteiger partial charge in [-0.1, -0.05) is 0 Å². The van der Waals surface area contributed by atoms with Crippen molar-refractivity contribution in [1.82, 2.24) is 14.8 Å². The van der Waals surface area contributed by atoms with Crippen molar-refractivity contribution >= 4 is 11.9 Å². The highest BCUT2D eigenvalue weighted by atomic mass is 16.4. The summed E-state index contributed by atoms with van der Waals surface area (Å²) in [5.74, 6) is -0.766. The molecular weight excluding hydrogens is 234 g/mol. The van der Waals surface area contributed by atoms with Gasteiger partial charge in [-0.05, 0) is 12.1 Å². The van der Waals surface area contributed by atoms with Gasteiger partial charge in [0.1, 0.15) is 5.69 Å². The Hall–Kier alpha value is -1.82. The molecule has 2 rings (SSSR count). The highest BCUT2D eigenvalue weighted by Crippen LogP contribution is 2.07. The second-order valence-corrected chi connectivity index (χ2v) is 4.36. The van der Waals surface area contributed by atoms with Gasteiger partial charge in [0, 0.05) is 38.9 Å². The van der Waals surface area contributed by atoms with E-state index in [2.05, 4.69) is 9.88 Å². The maximum Gasteiger partial charge on any atom is 0.304 e. The molecule has 0 unspecified atom stereocenters. The van der Waals surface area contributed by atoms with E-state index in [4.69, 9.17) is 5.11 Å². The average Bonchev–Trinajstić information content (AvgIpc) is 2.90. The number of nitrogens with one attached hydrogen (secondary N) is 1. The summed E-state index contributed by atoms with van der Waals surface area (Å²) >= 11 is 0. The summed E-state index contributed by atoms with van der Waals surface area (Å²) in [5, 5.41) is 8.61. The Morgan fingerprint density at radius 3 is 2.56 bits per heavy atom. The Balaban J connectivity index is 1.80. The van der Waals surface area contributed by atoms with E-state index in [1.165, 1.54) is 0 Å². The van der Waals surface area contributed by atoms with Crippen LogP contribution >= 0.6 is 0 Å². The van der Waals surface area contributed by atoms with E-state index in [0.29, 0.717) is 25.3 Å². The van der Waals surface area contributed by atoms with E-state index in [1.807, 2.05) is 0 Å². The van der Waals surface area contributed by atoms with Crippen LogP contribution in [0.15, 0.2) is 18.3 Å². The van der Waals surface area contributed by atoms with Crippen LogP contribution in [0.5, 0.6) is 0 Å². The summed E-state index contributed by atoms with van der Waals surface area (Å²) < 4.78 is 0. The molecule has 0 aliphatic carbocycles. The smallest absolute Gasteiger partial charge is 0.304 e. The van der Waals surface area contributed by atoms with Crippen molar-refractivity contribution in [3.63, 3.8) is 0 Å². The number of H-pyrrole nitrogens is 1. The van der Waals surface area contributed by atoms with Gasteiger partial charge >= 0.3 is 5.97 Å². The molecule has 2 N–H and O–H groups in total. The number of hydrogen-bond donors (Lipinski definition) is 2. The Bertz CT molecular complexity index is 408. The van der Waals surface area contributed by atoms with Gasteiger partial charge in [-0.15, -0.1) is 0 Å². The number of carboxylic acid groups (broad SMARTS) is 1. The molecule has 0 spiro atoms. The zero-order valence-corrected chi connectivity index (χ0v) is 10.1. The van der Waals surface area contributed by atoms with Crippen LogP contribution in [0, 0.1) is 0 Å². The quantitative estimate of drug-likeness (QED) is 0.804. The Labute approximate surface area is 105 Å². The number of rotatable bonds is 4. The number of amides is 1. The summed E-state index contributed by atoms with van der Waals surface area (Å²) in [6.07, 6.45) is 1.89. The van der Waals surface area contributed by atoms with E-state index >= 15 is 0 Å². The first-order chi connectivity index (χ1) is 8.66. The molecule has 0 atom stereocenters. The summed E-state index contributed by atoms with van der Waals surface area (Å²) in [6, 6.07) is 3.56.